The van der Waals surface area contributed by atoms with Gasteiger partial charge in [-0.05, 0) is 83.9 Å². The fourth-order valence-corrected chi connectivity index (χ4v) is 9.33. The molecule has 7 heteroatoms. The largest absolute Gasteiger partial charge is 0.454 e. The lowest BCUT2D eigenvalue weighted by Gasteiger charge is -2.12. The molecule has 0 saturated carbocycles. The summed E-state index contributed by atoms with van der Waals surface area (Å²) in [6.07, 6.45) is 5.74. The van der Waals surface area contributed by atoms with Gasteiger partial charge in [0.15, 0.2) is 11.4 Å². The van der Waals surface area contributed by atoms with Gasteiger partial charge in [0.1, 0.15) is 16.9 Å². The Labute approximate surface area is 360 Å². The van der Waals surface area contributed by atoms with E-state index in [1.165, 1.54) is 10.8 Å². The molecule has 0 unspecified atom stereocenters. The summed E-state index contributed by atoms with van der Waals surface area (Å²) in [6, 6.07) is 65.7. The first-order valence-corrected chi connectivity index (χ1v) is 21.0. The summed E-state index contributed by atoms with van der Waals surface area (Å²) < 4.78 is 10.7. The minimum atomic E-state index is 0.683. The number of hydrogen-bond acceptors (Lipinski definition) is 5. The predicted octanol–water partition coefficient (Wildman–Crippen LogP) is 14.0. The Bertz CT molecular complexity index is 3860. The molecule has 0 N–H and O–H groups in total. The highest BCUT2D eigenvalue weighted by molar-refractivity contribution is 6.12. The van der Waals surface area contributed by atoms with Crippen molar-refractivity contribution in [3.8, 4) is 56.4 Å². The third kappa shape index (κ3) is 5.67. The lowest BCUT2D eigenvalue weighted by molar-refractivity contribution is 0.668. The Morgan fingerprint density at radius 3 is 1.71 bits per heavy atom. The van der Waals surface area contributed by atoms with Crippen LogP contribution in [-0.2, 0) is 0 Å². The average Bonchev–Trinajstić information content (AvgIpc) is 4.01. The summed E-state index contributed by atoms with van der Waals surface area (Å²) in [6.45, 7) is 0. The Hall–Kier alpha value is -8.68. The first kappa shape index (κ1) is 35.1. The Morgan fingerprint density at radius 2 is 1.00 bits per heavy atom. The number of furan rings is 1. The molecule has 0 aliphatic heterocycles. The van der Waals surface area contributed by atoms with E-state index >= 15 is 0 Å². The first-order valence-electron chi connectivity index (χ1n) is 21.0. The molecule has 7 aromatic carbocycles. The quantitative estimate of drug-likeness (QED) is 0.167. The van der Waals surface area contributed by atoms with Crippen molar-refractivity contribution in [1.29, 1.82) is 0 Å². The predicted molar refractivity (Wildman–Crippen MR) is 255 cm³/mol. The number of fused-ring (bicyclic) bond motifs is 9. The van der Waals surface area contributed by atoms with Crippen LogP contribution in [0.15, 0.2) is 211 Å². The normalized spacial score (nSPS) is 11.8. The van der Waals surface area contributed by atoms with Crippen LogP contribution in [0.4, 0.5) is 0 Å². The van der Waals surface area contributed by atoms with Crippen LogP contribution in [0.1, 0.15) is 0 Å². The van der Waals surface area contributed by atoms with E-state index in [0.717, 1.165) is 105 Å². The van der Waals surface area contributed by atoms with Gasteiger partial charge in [0.2, 0.25) is 0 Å². The molecule has 294 valence electrons. The standard InChI is InChI=1S/C56H34N6O/c1-3-12-35(13-4-1)47-32-54(60-56(59-47)36-14-5-2-6-15-36)62-49-19-10-8-17-43(49)45-30-38(22-25-51(45)62)40-28-39(33-57-34-40)37-21-24-50-44(29-37)42-16-7-9-18-48(42)61(50)41-23-26-52-46(31-41)55-53(63-52)20-11-27-58-55/h1-34H. The smallest absolute Gasteiger partial charge is 0.162 e. The molecule has 0 fully saturated rings. The average molecular weight is 807 g/mol. The molecular formula is C56H34N6O. The molecule has 0 saturated heterocycles. The molecule has 0 spiro atoms. The molecular weight excluding hydrogens is 773 g/mol. The molecule has 0 aliphatic rings. The van der Waals surface area contributed by atoms with Gasteiger partial charge in [-0.1, -0.05) is 109 Å². The van der Waals surface area contributed by atoms with Crippen molar-refractivity contribution in [2.24, 2.45) is 0 Å². The third-order valence-corrected chi connectivity index (χ3v) is 12.3. The van der Waals surface area contributed by atoms with Gasteiger partial charge < -0.3 is 8.98 Å². The molecule has 13 aromatic rings. The SMILES string of the molecule is c1ccc(-c2cc(-n3c4ccccc4c4cc(-c5cncc(-c6ccc7c(c6)c6ccccc6n7-c6ccc7oc8cccnc8c7c6)c5)ccc43)nc(-c3ccccc3)n2)cc1. The van der Waals surface area contributed by atoms with E-state index in [0.29, 0.717) is 5.82 Å². The van der Waals surface area contributed by atoms with Crippen LogP contribution >= 0.6 is 0 Å². The number of para-hydroxylation sites is 2. The summed E-state index contributed by atoms with van der Waals surface area (Å²) >= 11 is 0. The summed E-state index contributed by atoms with van der Waals surface area (Å²) in [5, 5.41) is 5.65. The second-order valence-electron chi connectivity index (χ2n) is 15.9. The Kier molecular flexibility index (Phi) is 7.77. The van der Waals surface area contributed by atoms with Gasteiger partial charge in [-0.3, -0.25) is 14.5 Å². The summed E-state index contributed by atoms with van der Waals surface area (Å²) in [5.74, 6) is 1.50. The number of pyridine rings is 2. The van der Waals surface area contributed by atoms with Crippen molar-refractivity contribution in [1.82, 2.24) is 29.1 Å². The fourth-order valence-electron chi connectivity index (χ4n) is 9.33. The van der Waals surface area contributed by atoms with Crippen LogP contribution in [0.3, 0.4) is 0 Å². The maximum absolute atomic E-state index is 6.12. The second kappa shape index (κ2) is 13.9. The maximum Gasteiger partial charge on any atom is 0.162 e. The third-order valence-electron chi connectivity index (χ3n) is 12.3. The van der Waals surface area contributed by atoms with Gasteiger partial charge in [-0.2, -0.15) is 0 Å². The van der Waals surface area contributed by atoms with Crippen LogP contribution < -0.4 is 0 Å². The van der Waals surface area contributed by atoms with Crippen molar-refractivity contribution in [2.45, 2.75) is 0 Å². The number of benzene rings is 7. The Balaban J connectivity index is 0.920. The van der Waals surface area contributed by atoms with Crippen LogP contribution in [0.2, 0.25) is 0 Å². The molecule has 0 aliphatic carbocycles. The van der Waals surface area contributed by atoms with E-state index in [-0.39, 0.29) is 0 Å². The van der Waals surface area contributed by atoms with Gasteiger partial charge in [0.05, 0.1) is 27.8 Å². The molecule has 63 heavy (non-hydrogen) atoms. The van der Waals surface area contributed by atoms with Gasteiger partial charge >= 0.3 is 0 Å². The highest BCUT2D eigenvalue weighted by Gasteiger charge is 2.19. The van der Waals surface area contributed by atoms with Crippen molar-refractivity contribution >= 4 is 65.7 Å². The van der Waals surface area contributed by atoms with Gasteiger partial charge in [-0.15, -0.1) is 0 Å². The minimum Gasteiger partial charge on any atom is -0.454 e. The topological polar surface area (TPSA) is 74.6 Å². The number of nitrogens with zero attached hydrogens (tertiary/aromatic N) is 6. The van der Waals surface area contributed by atoms with E-state index in [1.54, 1.807) is 0 Å². The lowest BCUT2D eigenvalue weighted by atomic mass is 9.99. The van der Waals surface area contributed by atoms with Gasteiger partial charge in [-0.25, -0.2) is 9.97 Å². The Morgan fingerprint density at radius 1 is 0.381 bits per heavy atom. The summed E-state index contributed by atoms with van der Waals surface area (Å²) in [4.78, 5) is 19.7. The molecule has 7 nitrogen and oxygen atoms in total. The van der Waals surface area contributed by atoms with Crippen molar-refractivity contribution in [2.75, 3.05) is 0 Å². The van der Waals surface area contributed by atoms with Crippen molar-refractivity contribution in [3.05, 3.63) is 207 Å². The monoisotopic (exact) mass is 806 g/mol. The summed E-state index contributed by atoms with van der Waals surface area (Å²) in [5.41, 5.74) is 15.1. The molecule has 6 aromatic heterocycles. The highest BCUT2D eigenvalue weighted by atomic mass is 16.3. The zero-order valence-corrected chi connectivity index (χ0v) is 33.7. The van der Waals surface area contributed by atoms with E-state index < -0.39 is 0 Å². The van der Waals surface area contributed by atoms with E-state index in [4.69, 9.17) is 19.4 Å². The fraction of sp³-hybridized carbons (Fsp3) is 0. The number of rotatable bonds is 6. The second-order valence-corrected chi connectivity index (χ2v) is 15.9. The summed E-state index contributed by atoms with van der Waals surface area (Å²) in [7, 11) is 0. The van der Waals surface area contributed by atoms with Crippen molar-refractivity contribution in [3.63, 3.8) is 0 Å². The molecule has 0 atom stereocenters. The minimum absolute atomic E-state index is 0.683. The van der Waals surface area contributed by atoms with Crippen LogP contribution in [0.5, 0.6) is 0 Å². The van der Waals surface area contributed by atoms with E-state index in [2.05, 4.69) is 148 Å². The molecule has 0 amide bonds. The van der Waals surface area contributed by atoms with Crippen LogP contribution in [0.25, 0.3) is 122 Å². The first-order chi connectivity index (χ1) is 31.2. The van der Waals surface area contributed by atoms with E-state index in [9.17, 15) is 0 Å². The lowest BCUT2D eigenvalue weighted by Crippen LogP contribution is -2.02. The zero-order valence-electron chi connectivity index (χ0n) is 33.7. The molecule has 0 bridgehead atoms. The zero-order chi connectivity index (χ0) is 41.4. The number of aromatic nitrogens is 6. The van der Waals surface area contributed by atoms with Gasteiger partial charge in [0, 0.05) is 79.5 Å². The molecule has 6 heterocycles. The molecule has 13 rings (SSSR count). The van der Waals surface area contributed by atoms with Gasteiger partial charge in [0.25, 0.3) is 0 Å². The van der Waals surface area contributed by atoms with E-state index in [1.807, 2.05) is 73.2 Å². The van der Waals surface area contributed by atoms with Crippen LogP contribution in [-0.4, -0.2) is 29.1 Å². The molecule has 0 radical (unpaired) electrons. The number of hydrogen-bond donors (Lipinski definition) is 0. The maximum atomic E-state index is 6.12. The van der Waals surface area contributed by atoms with Crippen LogP contribution in [0, 0.1) is 0 Å². The highest BCUT2D eigenvalue weighted by Crippen LogP contribution is 2.39. The van der Waals surface area contributed by atoms with Crippen molar-refractivity contribution < 1.29 is 4.42 Å².